The molecule has 1 rings (SSSR count). The molecular formula is C14H23F2NO4. The average molecular weight is 307 g/mol. The first-order valence-corrected chi connectivity index (χ1v) is 6.81. The van der Waals surface area contributed by atoms with Gasteiger partial charge in [0.05, 0.1) is 0 Å². The standard InChI is InChI=1S/C14H23F2NO4/c1-5-14(15,16)13(10(18)19)7-6-8-17(9-13)11(20)21-12(2,3)4/h5,10,18-19H,1,6-9H2,2-4H3. The maximum Gasteiger partial charge on any atom is 0.410 e. The summed E-state index contributed by atoms with van der Waals surface area (Å²) in [4.78, 5) is 13.1. The molecule has 2 N–H and O–H groups in total. The third kappa shape index (κ3) is 3.71. The summed E-state index contributed by atoms with van der Waals surface area (Å²) in [6.45, 7) is 7.79. The number of piperidine rings is 1. The summed E-state index contributed by atoms with van der Waals surface area (Å²) in [5.41, 5.74) is -2.92. The van der Waals surface area contributed by atoms with Gasteiger partial charge in [0.1, 0.15) is 11.0 Å². The minimum absolute atomic E-state index is 0.122. The molecule has 0 spiro atoms. The lowest BCUT2D eigenvalue weighted by atomic mass is 9.73. The fraction of sp³-hybridized carbons (Fsp3) is 0.786. The lowest BCUT2D eigenvalue weighted by molar-refractivity contribution is -0.235. The Bertz CT molecular complexity index is 406. The summed E-state index contributed by atoms with van der Waals surface area (Å²) in [5.74, 6) is -3.51. The summed E-state index contributed by atoms with van der Waals surface area (Å²) in [5, 5.41) is 19.0. The zero-order valence-electron chi connectivity index (χ0n) is 12.6. The van der Waals surface area contributed by atoms with Crippen molar-refractivity contribution < 1.29 is 28.5 Å². The van der Waals surface area contributed by atoms with Gasteiger partial charge in [0.25, 0.3) is 5.92 Å². The summed E-state index contributed by atoms with van der Waals surface area (Å²) in [6, 6.07) is 0. The van der Waals surface area contributed by atoms with Crippen molar-refractivity contribution in [3.05, 3.63) is 12.7 Å². The molecule has 0 aromatic heterocycles. The molecule has 1 unspecified atom stereocenters. The number of amides is 1. The minimum atomic E-state index is -3.51. The van der Waals surface area contributed by atoms with Crippen molar-refractivity contribution in [3.63, 3.8) is 0 Å². The lowest BCUT2D eigenvalue weighted by Crippen LogP contribution is -2.59. The maximum atomic E-state index is 14.1. The number of likely N-dealkylation sites (tertiary alicyclic amines) is 1. The van der Waals surface area contributed by atoms with E-state index in [2.05, 4.69) is 6.58 Å². The largest absolute Gasteiger partial charge is 0.444 e. The van der Waals surface area contributed by atoms with Crippen molar-refractivity contribution in [2.24, 2.45) is 5.41 Å². The molecular weight excluding hydrogens is 284 g/mol. The zero-order chi connectivity index (χ0) is 16.5. The second kappa shape index (κ2) is 5.88. The van der Waals surface area contributed by atoms with Crippen LogP contribution in [0.5, 0.6) is 0 Å². The highest BCUT2D eigenvalue weighted by Gasteiger charge is 2.58. The number of halogens is 2. The van der Waals surface area contributed by atoms with Crippen LogP contribution in [-0.2, 0) is 4.74 Å². The van der Waals surface area contributed by atoms with Gasteiger partial charge in [-0.2, -0.15) is 0 Å². The molecule has 1 amide bonds. The van der Waals surface area contributed by atoms with Crippen LogP contribution in [0.25, 0.3) is 0 Å². The van der Waals surface area contributed by atoms with Crippen LogP contribution in [-0.4, -0.2) is 52.1 Å². The van der Waals surface area contributed by atoms with Gasteiger partial charge in [0, 0.05) is 13.1 Å². The number of allylic oxidation sites excluding steroid dienone is 1. The fourth-order valence-electron chi connectivity index (χ4n) is 2.42. The third-order valence-corrected chi connectivity index (χ3v) is 3.59. The van der Waals surface area contributed by atoms with E-state index in [0.717, 1.165) is 4.90 Å². The number of hydrogen-bond acceptors (Lipinski definition) is 4. The monoisotopic (exact) mass is 307 g/mol. The number of nitrogens with zero attached hydrogens (tertiary/aromatic N) is 1. The van der Waals surface area contributed by atoms with Crippen molar-refractivity contribution in [2.45, 2.75) is 51.4 Å². The summed E-state index contributed by atoms with van der Waals surface area (Å²) in [6.07, 6.45) is -2.52. The first-order chi connectivity index (χ1) is 9.45. The van der Waals surface area contributed by atoms with Crippen LogP contribution < -0.4 is 0 Å². The van der Waals surface area contributed by atoms with E-state index < -0.39 is 35.9 Å². The molecule has 1 aliphatic rings. The van der Waals surface area contributed by atoms with Crippen LogP contribution in [0.1, 0.15) is 33.6 Å². The van der Waals surface area contributed by atoms with Gasteiger partial charge in [-0.15, -0.1) is 0 Å². The average Bonchev–Trinajstić information content (AvgIpc) is 2.36. The van der Waals surface area contributed by atoms with Crippen molar-refractivity contribution in [2.75, 3.05) is 13.1 Å². The van der Waals surface area contributed by atoms with Gasteiger partial charge in [-0.25, -0.2) is 13.6 Å². The predicted octanol–water partition coefficient (Wildman–Crippen LogP) is 2.14. The highest BCUT2D eigenvalue weighted by Crippen LogP contribution is 2.46. The summed E-state index contributed by atoms with van der Waals surface area (Å²) >= 11 is 0. The van der Waals surface area contributed by atoms with E-state index in [1.165, 1.54) is 0 Å². The molecule has 0 aromatic carbocycles. The van der Waals surface area contributed by atoms with Crippen LogP contribution in [0.2, 0.25) is 0 Å². The van der Waals surface area contributed by atoms with Crippen LogP contribution >= 0.6 is 0 Å². The van der Waals surface area contributed by atoms with Gasteiger partial charge in [0.15, 0.2) is 6.29 Å². The highest BCUT2D eigenvalue weighted by atomic mass is 19.3. The Hall–Kier alpha value is -1.21. The SMILES string of the molecule is C=CC(F)(F)C1(C(O)O)CCCN(C(=O)OC(C)(C)C)C1. The first-order valence-electron chi connectivity index (χ1n) is 6.81. The van der Waals surface area contributed by atoms with Crippen LogP contribution in [0.4, 0.5) is 13.6 Å². The highest BCUT2D eigenvalue weighted by molar-refractivity contribution is 5.68. The quantitative estimate of drug-likeness (QED) is 0.619. The molecule has 1 heterocycles. The van der Waals surface area contributed by atoms with Crippen molar-refractivity contribution in [1.29, 1.82) is 0 Å². The molecule has 0 radical (unpaired) electrons. The number of aliphatic hydroxyl groups is 2. The maximum absolute atomic E-state index is 14.1. The van der Waals surface area contributed by atoms with Crippen molar-refractivity contribution in [3.8, 4) is 0 Å². The Morgan fingerprint density at radius 2 is 2.00 bits per heavy atom. The van der Waals surface area contributed by atoms with E-state index in [0.29, 0.717) is 6.08 Å². The van der Waals surface area contributed by atoms with Gasteiger partial charge < -0.3 is 19.8 Å². The number of rotatable bonds is 3. The van der Waals surface area contributed by atoms with E-state index in [4.69, 9.17) is 4.74 Å². The fourth-order valence-corrected chi connectivity index (χ4v) is 2.42. The first kappa shape index (κ1) is 17.8. The van der Waals surface area contributed by atoms with Gasteiger partial charge in [-0.3, -0.25) is 0 Å². The topological polar surface area (TPSA) is 70.0 Å². The van der Waals surface area contributed by atoms with E-state index >= 15 is 0 Å². The number of ether oxygens (including phenoxy) is 1. The number of carbonyl (C=O) groups is 1. The smallest absolute Gasteiger partial charge is 0.410 e. The molecule has 1 saturated heterocycles. The molecule has 1 fully saturated rings. The second-order valence-corrected chi connectivity index (χ2v) is 6.36. The van der Waals surface area contributed by atoms with Gasteiger partial charge in [0.2, 0.25) is 0 Å². The molecule has 1 atom stereocenters. The molecule has 0 saturated carbocycles. The Kier molecular flexibility index (Phi) is 5.00. The van der Waals surface area contributed by atoms with E-state index in [1.807, 2.05) is 0 Å². The molecule has 21 heavy (non-hydrogen) atoms. The molecule has 0 aliphatic carbocycles. The predicted molar refractivity (Wildman–Crippen MR) is 72.8 cm³/mol. The molecule has 0 aromatic rings. The summed E-state index contributed by atoms with van der Waals surface area (Å²) < 4.78 is 33.4. The van der Waals surface area contributed by atoms with Gasteiger partial charge in [-0.05, 0) is 39.7 Å². The van der Waals surface area contributed by atoms with Crippen molar-refractivity contribution >= 4 is 6.09 Å². The van der Waals surface area contributed by atoms with Crippen LogP contribution in [0, 0.1) is 5.41 Å². The Balaban J connectivity index is 3.00. The second-order valence-electron chi connectivity index (χ2n) is 6.36. The third-order valence-electron chi connectivity index (χ3n) is 3.59. The van der Waals surface area contributed by atoms with Crippen LogP contribution in [0.15, 0.2) is 12.7 Å². The Morgan fingerprint density at radius 1 is 1.43 bits per heavy atom. The van der Waals surface area contributed by atoms with Gasteiger partial charge >= 0.3 is 6.09 Å². The van der Waals surface area contributed by atoms with Crippen molar-refractivity contribution in [1.82, 2.24) is 4.90 Å². The molecule has 1 aliphatic heterocycles. The van der Waals surface area contributed by atoms with Crippen LogP contribution in [0.3, 0.4) is 0 Å². The molecule has 122 valence electrons. The number of alkyl halides is 2. The molecule has 5 nitrogen and oxygen atoms in total. The van der Waals surface area contributed by atoms with Gasteiger partial charge in [-0.1, -0.05) is 6.58 Å². The Labute approximate surface area is 123 Å². The number of aliphatic hydroxyl groups excluding tert-OH is 1. The molecule has 7 heteroatoms. The number of hydrogen-bond donors (Lipinski definition) is 2. The normalized spacial score (nSPS) is 24.1. The Morgan fingerprint density at radius 3 is 2.43 bits per heavy atom. The number of carbonyl (C=O) groups excluding carboxylic acids is 1. The lowest BCUT2D eigenvalue weighted by Gasteiger charge is -2.46. The minimum Gasteiger partial charge on any atom is -0.444 e. The van der Waals surface area contributed by atoms with E-state index in [-0.39, 0.29) is 19.4 Å². The van der Waals surface area contributed by atoms with E-state index in [1.54, 1.807) is 20.8 Å². The summed E-state index contributed by atoms with van der Waals surface area (Å²) in [7, 11) is 0. The molecule has 0 bridgehead atoms. The van der Waals surface area contributed by atoms with E-state index in [9.17, 15) is 23.8 Å². The zero-order valence-corrected chi connectivity index (χ0v) is 12.6.